The normalized spacial score (nSPS) is 11.6. The summed E-state index contributed by atoms with van der Waals surface area (Å²) in [4.78, 5) is 0. The molecule has 10 rings (SSSR count). The van der Waals surface area contributed by atoms with Gasteiger partial charge in [0.2, 0.25) is 0 Å². The van der Waals surface area contributed by atoms with E-state index in [9.17, 15) is 0 Å². The zero-order chi connectivity index (χ0) is 45.2. The average molecular weight is 992 g/mol. The van der Waals surface area contributed by atoms with Gasteiger partial charge in [-0.1, -0.05) is 114 Å². The smallest absolute Gasteiger partial charge is 0.172 e. The molecule has 0 saturated carbocycles. The molecule has 10 aromatic carbocycles. The van der Waals surface area contributed by atoms with Gasteiger partial charge in [-0.15, -0.1) is 39.7 Å². The van der Waals surface area contributed by atoms with Crippen LogP contribution < -0.4 is 0 Å². The zero-order valence-corrected chi connectivity index (χ0v) is 42.5. The van der Waals surface area contributed by atoms with Crippen molar-refractivity contribution in [3.63, 3.8) is 0 Å². The van der Waals surface area contributed by atoms with Gasteiger partial charge >= 0.3 is 178 Å². The fraction of sp³-hybridized carbons (Fsp3) is 0.136. The van der Waals surface area contributed by atoms with Gasteiger partial charge in [0.25, 0.3) is 0 Å². The summed E-state index contributed by atoms with van der Waals surface area (Å²) >= 11 is 9.96. The minimum Gasteiger partial charge on any atom is -0.214 e. The van der Waals surface area contributed by atoms with Crippen LogP contribution in [0, 0.1) is 0 Å². The molecule has 0 bridgehead atoms. The van der Waals surface area contributed by atoms with Gasteiger partial charge in [-0.05, 0) is 44.2 Å². The van der Waals surface area contributed by atoms with Gasteiger partial charge < -0.3 is 0 Å². The predicted octanol–water partition coefficient (Wildman–Crippen LogP) is 18.8. The first-order chi connectivity index (χ1) is 30.7. The molecule has 0 heterocycles. The van der Waals surface area contributed by atoms with Crippen molar-refractivity contribution in [2.75, 3.05) is 0 Å². The Morgan fingerprint density at radius 1 is 0.422 bits per heavy atom. The first-order valence-corrected chi connectivity index (χ1v) is 29.9. The maximum Gasteiger partial charge on any atom is -0.172 e. The molecule has 0 atom stereocenters. The molecule has 0 aliphatic carbocycles. The summed E-state index contributed by atoms with van der Waals surface area (Å²) in [6.07, 6.45) is 0. The molecular formula is C59H50Cl4Zr-2. The molecule has 0 nitrogen and oxygen atoms in total. The van der Waals surface area contributed by atoms with E-state index in [0.29, 0.717) is 0 Å². The van der Waals surface area contributed by atoms with E-state index in [-0.39, 0.29) is 10.8 Å². The molecule has 0 amide bonds. The fourth-order valence-corrected chi connectivity index (χ4v) is 13.6. The van der Waals surface area contributed by atoms with E-state index in [1.54, 1.807) is 0 Å². The first kappa shape index (κ1) is 46.0. The van der Waals surface area contributed by atoms with Gasteiger partial charge in [-0.25, -0.2) is 12.1 Å². The predicted molar refractivity (Wildman–Crippen MR) is 280 cm³/mol. The van der Waals surface area contributed by atoms with Crippen LogP contribution in [0.2, 0.25) is 10.0 Å². The second kappa shape index (κ2) is 19.5. The van der Waals surface area contributed by atoms with E-state index in [1.165, 1.54) is 54.9 Å². The van der Waals surface area contributed by atoms with Gasteiger partial charge in [0.05, 0.1) is 0 Å². The van der Waals surface area contributed by atoms with Crippen molar-refractivity contribution < 1.29 is 18.9 Å². The molecule has 0 aliphatic rings. The van der Waals surface area contributed by atoms with Crippen LogP contribution in [0.15, 0.2) is 194 Å². The Labute approximate surface area is 403 Å². The SMILES string of the molecule is CC(C)(C)c1cc2c(cc1-c1ccccc1)[cH-]c1cc(-c3ccccc3)c(C(C)(C)C)cc12.Clc1ccc([C](c2ccc(Cl)c3ccccc23)=[Zr]([Cl])[Cl])c2ccccc12.c1cc[cH-]c1. The van der Waals surface area contributed by atoms with Crippen molar-refractivity contribution in [1.82, 2.24) is 0 Å². The Morgan fingerprint density at radius 3 is 1.14 bits per heavy atom. The molecule has 0 radical (unpaired) electrons. The molecule has 0 aromatic heterocycles. The maximum absolute atomic E-state index is 6.65. The minimum absolute atomic E-state index is 0.0554. The van der Waals surface area contributed by atoms with Gasteiger partial charge in [-0.2, -0.15) is 18.2 Å². The minimum atomic E-state index is -2.84. The van der Waals surface area contributed by atoms with Crippen molar-refractivity contribution in [2.45, 2.75) is 52.4 Å². The largest absolute Gasteiger partial charge is 0.214 e. The van der Waals surface area contributed by atoms with Crippen LogP contribution in [0.25, 0.3) is 65.3 Å². The van der Waals surface area contributed by atoms with Gasteiger partial charge in [0.1, 0.15) is 0 Å². The Kier molecular flexibility index (Phi) is 14.0. The number of hydrogen-bond acceptors (Lipinski definition) is 0. The van der Waals surface area contributed by atoms with E-state index >= 15 is 0 Å². The second-order valence-corrected chi connectivity index (χ2v) is 27.2. The molecule has 0 aliphatic heterocycles. The van der Waals surface area contributed by atoms with E-state index in [0.717, 1.165) is 45.9 Å². The van der Waals surface area contributed by atoms with E-state index in [4.69, 9.17) is 40.2 Å². The van der Waals surface area contributed by atoms with Crippen molar-refractivity contribution in [3.05, 3.63) is 226 Å². The molecule has 0 spiro atoms. The molecule has 5 heteroatoms. The Balaban J connectivity index is 0.000000161. The Hall–Kier alpha value is -4.59. The molecule has 10 aromatic rings. The third kappa shape index (κ3) is 9.82. The third-order valence-electron chi connectivity index (χ3n) is 11.8. The fourth-order valence-electron chi connectivity index (χ4n) is 8.69. The summed E-state index contributed by atoms with van der Waals surface area (Å²) in [5.41, 5.74) is 10.3. The monoisotopic (exact) mass is 988 g/mol. The van der Waals surface area contributed by atoms with Crippen molar-refractivity contribution >= 4 is 86.5 Å². The molecule has 0 unspecified atom stereocenters. The van der Waals surface area contributed by atoms with E-state index < -0.39 is 18.9 Å². The third-order valence-corrected chi connectivity index (χ3v) is 16.9. The zero-order valence-electron chi connectivity index (χ0n) is 37.0. The van der Waals surface area contributed by atoms with Crippen LogP contribution >= 0.6 is 40.2 Å². The summed E-state index contributed by atoms with van der Waals surface area (Å²) in [6, 6.07) is 67.7. The summed E-state index contributed by atoms with van der Waals surface area (Å²) in [5, 5.41) is 10.9. The molecule has 0 saturated heterocycles. The quantitative estimate of drug-likeness (QED) is 0.154. The number of halogens is 4. The van der Waals surface area contributed by atoms with Crippen LogP contribution in [0.4, 0.5) is 0 Å². The average Bonchev–Trinajstić information content (AvgIpc) is 4.00. The second-order valence-electron chi connectivity index (χ2n) is 18.2. The topological polar surface area (TPSA) is 0 Å². The van der Waals surface area contributed by atoms with Crippen LogP contribution in [0.5, 0.6) is 0 Å². The molecule has 64 heavy (non-hydrogen) atoms. The summed E-state index contributed by atoms with van der Waals surface area (Å²) in [5.74, 6) is 0. The number of rotatable bonds is 4. The van der Waals surface area contributed by atoms with Crippen LogP contribution in [0.3, 0.4) is 0 Å². The molecular weight excluding hydrogens is 942 g/mol. The first-order valence-electron chi connectivity index (χ1n) is 21.6. The van der Waals surface area contributed by atoms with Crippen LogP contribution in [-0.2, 0) is 29.7 Å². The van der Waals surface area contributed by atoms with Crippen molar-refractivity contribution in [1.29, 1.82) is 0 Å². The number of fused-ring (bicyclic) bond motifs is 5. The van der Waals surface area contributed by atoms with Crippen molar-refractivity contribution in [2.24, 2.45) is 0 Å². The van der Waals surface area contributed by atoms with Gasteiger partial charge in [0.15, 0.2) is 0 Å². The Morgan fingerprint density at radius 2 is 0.797 bits per heavy atom. The van der Waals surface area contributed by atoms with E-state index in [1.807, 2.05) is 91.0 Å². The number of benzene rings is 8. The maximum atomic E-state index is 6.65. The Bertz CT molecular complexity index is 3030. The summed E-state index contributed by atoms with van der Waals surface area (Å²) in [7, 11) is 13.3. The molecule has 320 valence electrons. The summed E-state index contributed by atoms with van der Waals surface area (Å²) in [6.45, 7) is 13.9. The van der Waals surface area contributed by atoms with Crippen LogP contribution in [-0.4, -0.2) is 3.21 Å². The van der Waals surface area contributed by atoms with Crippen LogP contribution in [0.1, 0.15) is 63.8 Å². The van der Waals surface area contributed by atoms with Crippen molar-refractivity contribution in [3.8, 4) is 22.3 Å². The van der Waals surface area contributed by atoms with Gasteiger partial charge in [-0.3, -0.25) is 0 Å². The van der Waals surface area contributed by atoms with E-state index in [2.05, 4.69) is 145 Å². The number of hydrogen-bond donors (Lipinski definition) is 0. The standard InChI is InChI=1S/C33H33.C21H12Cl2.C5H5.2ClH.Zr/c1-32(2,3)30-20-26-24(18-28(30)22-13-9-7-10-14-22)17-25-19-29(23-15-11-8-12-16-23)31(21-27(25)26)33(4,5)6;22-20-11-9-14(16-5-1-3-7-18(16)20)13-15-10-12-21(23)19-8-4-2-6-17(15)19;1-2-4-5-3-1;;;/h7-21H,1-6H3;1-12H;1-5H;2*1H;/q-1;;-1;;;+2/p-2. The molecule has 0 N–H and O–H groups in total. The summed E-state index contributed by atoms with van der Waals surface area (Å²) < 4.78 is 1.04. The van der Waals surface area contributed by atoms with Gasteiger partial charge in [0, 0.05) is 0 Å². The molecule has 0 fully saturated rings.